The third kappa shape index (κ3) is 3.25. The highest BCUT2D eigenvalue weighted by atomic mass is 16.5. The molecule has 3 atom stereocenters. The largest absolute Gasteiger partial charge is 0.464 e. The molecule has 0 aromatic carbocycles. The minimum absolute atomic E-state index is 0.103. The van der Waals surface area contributed by atoms with Gasteiger partial charge in [0.15, 0.2) is 11.4 Å². The Balaban J connectivity index is 1.63. The van der Waals surface area contributed by atoms with E-state index in [-0.39, 0.29) is 17.4 Å². The fraction of sp³-hybridized carbons (Fsp3) is 0.409. The van der Waals surface area contributed by atoms with Crippen LogP contribution in [-0.4, -0.2) is 50.5 Å². The smallest absolute Gasteiger partial charge is 0.356 e. The van der Waals surface area contributed by atoms with Crippen molar-refractivity contribution in [3.8, 4) is 11.1 Å². The molecule has 9 heteroatoms. The Morgan fingerprint density at radius 3 is 2.55 bits per heavy atom. The predicted octanol–water partition coefficient (Wildman–Crippen LogP) is 2.36. The van der Waals surface area contributed by atoms with Gasteiger partial charge in [-0.25, -0.2) is 14.8 Å². The Labute approximate surface area is 179 Å². The first-order valence-electron chi connectivity index (χ1n) is 10.4. The maximum absolute atomic E-state index is 12.5. The third-order valence-corrected chi connectivity index (χ3v) is 6.39. The molecule has 2 saturated heterocycles. The van der Waals surface area contributed by atoms with Crippen LogP contribution < -0.4 is 11.1 Å². The normalized spacial score (nSPS) is 22.6. The number of ether oxygens (including phenoxy) is 1. The van der Waals surface area contributed by atoms with E-state index >= 15 is 0 Å². The number of ketones is 1. The summed E-state index contributed by atoms with van der Waals surface area (Å²) < 4.78 is 6.22. The van der Waals surface area contributed by atoms with Gasteiger partial charge in [0.25, 0.3) is 0 Å². The number of nitrogens with one attached hydrogen (secondary N) is 1. The van der Waals surface area contributed by atoms with Crippen LogP contribution in [-0.2, 0) is 4.74 Å². The van der Waals surface area contributed by atoms with Crippen LogP contribution in [0.2, 0.25) is 0 Å². The first-order chi connectivity index (χ1) is 15.0. The average molecular weight is 420 g/mol. The van der Waals surface area contributed by atoms with Crippen molar-refractivity contribution in [3.63, 3.8) is 0 Å². The number of rotatable bonds is 4. The lowest BCUT2D eigenvalue weighted by Crippen LogP contribution is -2.38. The molecule has 9 nitrogen and oxygen atoms in total. The molecule has 0 radical (unpaired) electrons. The molecule has 2 aliphatic heterocycles. The molecule has 0 saturated carbocycles. The summed E-state index contributed by atoms with van der Waals surface area (Å²) in [6.45, 7) is 1.53. The molecule has 5 rings (SSSR count). The molecule has 0 unspecified atom stereocenters. The van der Waals surface area contributed by atoms with E-state index < -0.39 is 5.97 Å². The van der Waals surface area contributed by atoms with Crippen LogP contribution in [0.5, 0.6) is 0 Å². The van der Waals surface area contributed by atoms with Gasteiger partial charge in [-0.05, 0) is 38.7 Å². The number of piperidine rings is 1. The highest BCUT2D eigenvalue weighted by Gasteiger charge is 2.37. The van der Waals surface area contributed by atoms with Crippen LogP contribution in [0.3, 0.4) is 0 Å². The molecule has 3 N–H and O–H groups in total. The van der Waals surface area contributed by atoms with E-state index in [0.717, 1.165) is 42.5 Å². The highest BCUT2D eigenvalue weighted by molar-refractivity contribution is 6.00. The molecule has 2 aliphatic rings. The van der Waals surface area contributed by atoms with Gasteiger partial charge in [0.05, 0.1) is 24.6 Å². The number of nitrogens with two attached hydrogens (primary N) is 1. The van der Waals surface area contributed by atoms with Crippen molar-refractivity contribution in [1.82, 2.24) is 24.9 Å². The summed E-state index contributed by atoms with van der Waals surface area (Å²) in [5, 5.41) is 8.02. The predicted molar refractivity (Wildman–Crippen MR) is 114 cm³/mol. The number of anilines is 1. The number of hydrogen-bond acceptors (Lipinski definition) is 8. The summed E-state index contributed by atoms with van der Waals surface area (Å²) in [6.07, 6.45) is 7.45. The number of nitrogen functional groups attached to an aromatic ring is 1. The Morgan fingerprint density at radius 1 is 1.19 bits per heavy atom. The molecular weight excluding hydrogens is 396 g/mol. The van der Waals surface area contributed by atoms with Gasteiger partial charge in [-0.3, -0.25) is 4.79 Å². The minimum Gasteiger partial charge on any atom is -0.464 e. The lowest BCUT2D eigenvalue weighted by molar-refractivity contribution is 0.0594. The van der Waals surface area contributed by atoms with Crippen LogP contribution in [0.15, 0.2) is 24.5 Å². The van der Waals surface area contributed by atoms with Crippen molar-refractivity contribution >= 4 is 23.2 Å². The minimum atomic E-state index is -0.497. The number of hydrogen-bond donors (Lipinski definition) is 2. The molecule has 0 amide bonds. The molecule has 0 aliphatic carbocycles. The fourth-order valence-corrected chi connectivity index (χ4v) is 4.95. The molecular formula is C22H24N6O3. The van der Waals surface area contributed by atoms with Crippen molar-refractivity contribution in [1.29, 1.82) is 0 Å². The number of esters is 1. The Kier molecular flexibility index (Phi) is 4.70. The summed E-state index contributed by atoms with van der Waals surface area (Å²) in [5.74, 6) is -0.118. The van der Waals surface area contributed by atoms with Gasteiger partial charge < -0.3 is 15.8 Å². The second-order valence-corrected chi connectivity index (χ2v) is 8.34. The van der Waals surface area contributed by atoms with Gasteiger partial charge in [0.2, 0.25) is 0 Å². The van der Waals surface area contributed by atoms with Crippen molar-refractivity contribution < 1.29 is 14.3 Å². The van der Waals surface area contributed by atoms with Crippen LogP contribution in [0.4, 0.5) is 5.82 Å². The van der Waals surface area contributed by atoms with Crippen LogP contribution in [0.1, 0.15) is 65.1 Å². The molecule has 3 aromatic rings. The van der Waals surface area contributed by atoms with Crippen molar-refractivity contribution in [2.24, 2.45) is 0 Å². The van der Waals surface area contributed by atoms with Gasteiger partial charge >= 0.3 is 5.97 Å². The first-order valence-corrected chi connectivity index (χ1v) is 10.4. The Hall–Kier alpha value is -3.33. The lowest BCUT2D eigenvalue weighted by atomic mass is 9.86. The molecule has 0 spiro atoms. The van der Waals surface area contributed by atoms with Crippen LogP contribution in [0.25, 0.3) is 16.8 Å². The van der Waals surface area contributed by atoms with E-state index in [4.69, 9.17) is 15.5 Å². The van der Waals surface area contributed by atoms with Crippen molar-refractivity contribution in [3.05, 3.63) is 41.5 Å². The first kappa shape index (κ1) is 19.6. The van der Waals surface area contributed by atoms with Crippen molar-refractivity contribution in [2.75, 3.05) is 12.8 Å². The van der Waals surface area contributed by atoms with E-state index in [1.54, 1.807) is 24.5 Å². The molecule has 31 heavy (non-hydrogen) atoms. The zero-order valence-corrected chi connectivity index (χ0v) is 17.5. The maximum Gasteiger partial charge on any atom is 0.356 e. The number of pyridine rings is 1. The van der Waals surface area contributed by atoms with E-state index in [9.17, 15) is 9.59 Å². The van der Waals surface area contributed by atoms with E-state index in [1.165, 1.54) is 18.5 Å². The van der Waals surface area contributed by atoms with Gasteiger partial charge in [0, 0.05) is 35.3 Å². The molecule has 3 aromatic heterocycles. The Bertz CT molecular complexity index is 1170. The average Bonchev–Trinajstić information content (AvgIpc) is 3.35. The van der Waals surface area contributed by atoms with Crippen LogP contribution in [0, 0.1) is 0 Å². The topological polar surface area (TPSA) is 124 Å². The zero-order chi connectivity index (χ0) is 21.7. The van der Waals surface area contributed by atoms with Gasteiger partial charge in [-0.1, -0.05) is 6.07 Å². The van der Waals surface area contributed by atoms with Crippen molar-refractivity contribution in [2.45, 2.75) is 50.6 Å². The van der Waals surface area contributed by atoms with Gasteiger partial charge in [0.1, 0.15) is 11.5 Å². The van der Waals surface area contributed by atoms with Gasteiger partial charge in [-0.15, -0.1) is 0 Å². The summed E-state index contributed by atoms with van der Waals surface area (Å²) in [5.41, 5.74) is 9.95. The number of methoxy groups -OCH3 is 1. The standard InChI is InChI=1S/C22H24N6O3/c1-11(29)18-19(13-7-14-4-5-15(8-13)26-14)27-21-16(10-25-28(21)20(18)23)12-3-6-17(24-9-12)22(30)31-2/h3,6,9-10,13-15,26H,4-5,7-8,23H2,1-2H3/t13-,14-,15+. The number of carbonyl (C=O) groups is 2. The summed E-state index contributed by atoms with van der Waals surface area (Å²) in [6, 6.07) is 4.30. The van der Waals surface area contributed by atoms with E-state index in [0.29, 0.717) is 29.1 Å². The number of aromatic nitrogens is 4. The number of Topliss-reactive ketones (excluding diaryl/α,β-unsaturated/α-hetero) is 1. The highest BCUT2D eigenvalue weighted by Crippen LogP contribution is 2.39. The number of carbonyl (C=O) groups excluding carboxylic acids is 2. The second-order valence-electron chi connectivity index (χ2n) is 8.34. The number of fused-ring (bicyclic) bond motifs is 3. The monoisotopic (exact) mass is 420 g/mol. The van der Waals surface area contributed by atoms with Gasteiger partial charge in [-0.2, -0.15) is 9.61 Å². The van der Waals surface area contributed by atoms with E-state index in [1.807, 2.05) is 0 Å². The van der Waals surface area contributed by atoms with E-state index in [2.05, 4.69) is 15.4 Å². The zero-order valence-electron chi connectivity index (χ0n) is 17.5. The summed E-state index contributed by atoms with van der Waals surface area (Å²) in [7, 11) is 1.32. The fourth-order valence-electron chi connectivity index (χ4n) is 4.95. The summed E-state index contributed by atoms with van der Waals surface area (Å²) >= 11 is 0. The molecule has 160 valence electrons. The maximum atomic E-state index is 12.5. The Morgan fingerprint density at radius 2 is 1.94 bits per heavy atom. The lowest BCUT2D eigenvalue weighted by Gasteiger charge is -2.30. The van der Waals surface area contributed by atoms with Crippen LogP contribution >= 0.6 is 0 Å². The molecule has 2 bridgehead atoms. The molecule has 5 heterocycles. The quantitative estimate of drug-likeness (QED) is 0.487. The SMILES string of the molecule is COC(=O)c1ccc(-c2cnn3c(N)c(C(C)=O)c([C@@H]4C[C@H]5CC[C@@H](C4)N5)nc23)cn1. The summed E-state index contributed by atoms with van der Waals surface area (Å²) in [4.78, 5) is 33.3. The number of nitrogens with zero attached hydrogens (tertiary/aromatic N) is 4. The second kappa shape index (κ2) is 7.42. The third-order valence-electron chi connectivity index (χ3n) is 6.39. The molecule has 2 fully saturated rings.